The average molecular weight is 285 g/mol. The summed E-state index contributed by atoms with van der Waals surface area (Å²) < 4.78 is 0. The van der Waals surface area contributed by atoms with E-state index < -0.39 is 0 Å². The topological polar surface area (TPSA) is 50.9 Å². The third kappa shape index (κ3) is 3.33. The van der Waals surface area contributed by atoms with Gasteiger partial charge in [-0.2, -0.15) is 0 Å². The molecule has 3 nitrogen and oxygen atoms in total. The molecule has 0 fully saturated rings. The number of hydrogen-bond acceptors (Lipinski definition) is 3. The van der Waals surface area contributed by atoms with Crippen molar-refractivity contribution in [3.05, 3.63) is 58.8 Å². The first kappa shape index (κ1) is 14.5. The van der Waals surface area contributed by atoms with Crippen LogP contribution in [0.2, 0.25) is 0 Å². The molecule has 0 radical (unpaired) electrons. The van der Waals surface area contributed by atoms with Crippen LogP contribution in [0.25, 0.3) is 0 Å². The Kier molecular flexibility index (Phi) is 4.35. The van der Waals surface area contributed by atoms with Crippen molar-refractivity contribution in [3.63, 3.8) is 0 Å². The number of nitrogens with two attached hydrogens (primary N) is 1. The van der Waals surface area contributed by atoms with Crippen LogP contribution in [0, 0.1) is 13.8 Å². The summed E-state index contributed by atoms with van der Waals surface area (Å²) in [6.07, 6.45) is 0. The van der Waals surface area contributed by atoms with Gasteiger partial charge in [-0.25, -0.2) is 4.98 Å². The minimum absolute atomic E-state index is 0.137. The zero-order chi connectivity index (χ0) is 14.7. The van der Waals surface area contributed by atoms with Crippen molar-refractivity contribution in [1.29, 1.82) is 0 Å². The van der Waals surface area contributed by atoms with Gasteiger partial charge in [0.25, 0.3) is 0 Å². The SMILES string of the molecule is Cc1ccc(C(C)Nc2nc(C)ccc2C(N)=S)cc1. The fourth-order valence-electron chi connectivity index (χ4n) is 2.01. The van der Waals surface area contributed by atoms with Crippen LogP contribution in [-0.4, -0.2) is 9.97 Å². The molecule has 1 unspecified atom stereocenters. The van der Waals surface area contributed by atoms with Gasteiger partial charge in [0.1, 0.15) is 10.8 Å². The number of aryl methyl sites for hydroxylation is 2. The largest absolute Gasteiger partial charge is 0.389 e. The maximum Gasteiger partial charge on any atom is 0.136 e. The highest BCUT2D eigenvalue weighted by Gasteiger charge is 2.11. The molecule has 0 saturated heterocycles. The van der Waals surface area contributed by atoms with E-state index >= 15 is 0 Å². The molecular weight excluding hydrogens is 266 g/mol. The second-order valence-corrected chi connectivity index (χ2v) is 5.43. The lowest BCUT2D eigenvalue weighted by Gasteiger charge is -2.18. The first-order chi connectivity index (χ1) is 9.47. The van der Waals surface area contributed by atoms with Gasteiger partial charge in [0.2, 0.25) is 0 Å². The monoisotopic (exact) mass is 285 g/mol. The van der Waals surface area contributed by atoms with Crippen molar-refractivity contribution in [2.24, 2.45) is 5.73 Å². The maximum absolute atomic E-state index is 5.75. The molecule has 0 spiro atoms. The Bertz CT molecular complexity index is 620. The van der Waals surface area contributed by atoms with Crippen LogP contribution in [0.1, 0.15) is 35.3 Å². The van der Waals surface area contributed by atoms with E-state index in [4.69, 9.17) is 18.0 Å². The van der Waals surface area contributed by atoms with Crippen molar-refractivity contribution in [3.8, 4) is 0 Å². The quantitative estimate of drug-likeness (QED) is 0.844. The predicted octanol–water partition coefficient (Wildman–Crippen LogP) is 3.51. The molecule has 1 atom stereocenters. The zero-order valence-corrected chi connectivity index (χ0v) is 12.8. The van der Waals surface area contributed by atoms with E-state index in [0.717, 1.165) is 17.1 Å². The number of benzene rings is 1. The van der Waals surface area contributed by atoms with Crippen molar-refractivity contribution >= 4 is 23.0 Å². The number of rotatable bonds is 4. The molecule has 1 heterocycles. The third-order valence-corrected chi connectivity index (χ3v) is 3.45. The smallest absolute Gasteiger partial charge is 0.136 e. The maximum atomic E-state index is 5.75. The molecule has 4 heteroatoms. The highest BCUT2D eigenvalue weighted by atomic mass is 32.1. The summed E-state index contributed by atoms with van der Waals surface area (Å²) in [4.78, 5) is 4.86. The van der Waals surface area contributed by atoms with E-state index in [1.54, 1.807) is 0 Å². The summed E-state index contributed by atoms with van der Waals surface area (Å²) in [5.74, 6) is 0.741. The van der Waals surface area contributed by atoms with E-state index in [1.165, 1.54) is 11.1 Å². The Labute approximate surface area is 125 Å². The zero-order valence-electron chi connectivity index (χ0n) is 12.0. The minimum Gasteiger partial charge on any atom is -0.389 e. The Balaban J connectivity index is 2.27. The molecule has 2 aromatic rings. The van der Waals surface area contributed by atoms with Crippen LogP contribution in [-0.2, 0) is 0 Å². The van der Waals surface area contributed by atoms with Crippen LogP contribution in [0.3, 0.4) is 0 Å². The molecule has 3 N–H and O–H groups in total. The van der Waals surface area contributed by atoms with Crippen LogP contribution in [0.5, 0.6) is 0 Å². The first-order valence-corrected chi connectivity index (χ1v) is 6.99. The lowest BCUT2D eigenvalue weighted by molar-refractivity contribution is 0.871. The Morgan fingerprint density at radius 3 is 2.40 bits per heavy atom. The summed E-state index contributed by atoms with van der Waals surface area (Å²) in [5, 5.41) is 3.39. The molecule has 1 aromatic carbocycles. The summed E-state index contributed by atoms with van der Waals surface area (Å²) in [7, 11) is 0. The molecule has 0 saturated carbocycles. The fourth-order valence-corrected chi connectivity index (χ4v) is 2.17. The average Bonchev–Trinajstić information content (AvgIpc) is 2.39. The molecule has 0 aliphatic carbocycles. The summed E-state index contributed by atoms with van der Waals surface area (Å²) >= 11 is 5.08. The summed E-state index contributed by atoms with van der Waals surface area (Å²) in [6, 6.07) is 12.4. The molecule has 0 amide bonds. The minimum atomic E-state index is 0.137. The standard InChI is InChI=1S/C16H19N3S/c1-10-4-7-13(8-5-10)12(3)19-16-14(15(17)20)9-6-11(2)18-16/h4-9,12H,1-3H3,(H2,17,20)(H,18,19). The summed E-state index contributed by atoms with van der Waals surface area (Å²) in [6.45, 7) is 6.12. The molecule has 0 bridgehead atoms. The molecular formula is C16H19N3S. The summed E-state index contributed by atoms with van der Waals surface area (Å²) in [5.41, 5.74) is 9.92. The lowest BCUT2D eigenvalue weighted by Crippen LogP contribution is -2.16. The van der Waals surface area contributed by atoms with E-state index in [9.17, 15) is 0 Å². The van der Waals surface area contributed by atoms with E-state index in [2.05, 4.69) is 48.4 Å². The van der Waals surface area contributed by atoms with Crippen LogP contribution >= 0.6 is 12.2 Å². The molecule has 0 aliphatic rings. The van der Waals surface area contributed by atoms with Crippen LogP contribution in [0.15, 0.2) is 36.4 Å². The fraction of sp³-hybridized carbons (Fsp3) is 0.250. The van der Waals surface area contributed by atoms with Gasteiger partial charge in [0, 0.05) is 11.7 Å². The van der Waals surface area contributed by atoms with Gasteiger partial charge in [-0.05, 0) is 38.5 Å². The molecule has 104 valence electrons. The van der Waals surface area contributed by atoms with E-state index in [0.29, 0.717) is 4.99 Å². The van der Waals surface area contributed by atoms with Gasteiger partial charge in [0.05, 0.1) is 5.56 Å². The molecule has 20 heavy (non-hydrogen) atoms. The van der Waals surface area contributed by atoms with Gasteiger partial charge in [0.15, 0.2) is 0 Å². The highest BCUT2D eigenvalue weighted by Crippen LogP contribution is 2.21. The molecule has 0 aliphatic heterocycles. The third-order valence-electron chi connectivity index (χ3n) is 3.23. The lowest BCUT2D eigenvalue weighted by atomic mass is 10.1. The number of anilines is 1. The number of thiocarbonyl (C=S) groups is 1. The second kappa shape index (κ2) is 6.01. The Hall–Kier alpha value is -1.94. The van der Waals surface area contributed by atoms with Gasteiger partial charge in [-0.3, -0.25) is 0 Å². The van der Waals surface area contributed by atoms with Crippen molar-refractivity contribution in [2.45, 2.75) is 26.8 Å². The van der Waals surface area contributed by atoms with Crippen molar-refractivity contribution < 1.29 is 0 Å². The Morgan fingerprint density at radius 1 is 1.15 bits per heavy atom. The number of hydrogen-bond donors (Lipinski definition) is 2. The van der Waals surface area contributed by atoms with E-state index in [-0.39, 0.29) is 6.04 Å². The van der Waals surface area contributed by atoms with Crippen LogP contribution < -0.4 is 11.1 Å². The number of aromatic nitrogens is 1. The van der Waals surface area contributed by atoms with Gasteiger partial charge in [-0.15, -0.1) is 0 Å². The Morgan fingerprint density at radius 2 is 1.80 bits per heavy atom. The van der Waals surface area contributed by atoms with Gasteiger partial charge < -0.3 is 11.1 Å². The second-order valence-electron chi connectivity index (χ2n) is 4.99. The van der Waals surface area contributed by atoms with Crippen LogP contribution in [0.4, 0.5) is 5.82 Å². The van der Waals surface area contributed by atoms with E-state index in [1.807, 2.05) is 19.1 Å². The normalized spacial score (nSPS) is 11.9. The molecule has 1 aromatic heterocycles. The number of nitrogens with one attached hydrogen (secondary N) is 1. The number of pyridine rings is 1. The highest BCUT2D eigenvalue weighted by molar-refractivity contribution is 7.80. The van der Waals surface area contributed by atoms with Crippen molar-refractivity contribution in [2.75, 3.05) is 5.32 Å². The van der Waals surface area contributed by atoms with Gasteiger partial charge in [-0.1, -0.05) is 42.0 Å². The molecule has 2 rings (SSSR count). The predicted molar refractivity (Wildman–Crippen MR) is 88.1 cm³/mol. The first-order valence-electron chi connectivity index (χ1n) is 6.58. The number of nitrogens with zero attached hydrogens (tertiary/aromatic N) is 1. The van der Waals surface area contributed by atoms with Gasteiger partial charge >= 0.3 is 0 Å². The van der Waals surface area contributed by atoms with Crippen molar-refractivity contribution in [1.82, 2.24) is 4.98 Å².